The predicted molar refractivity (Wildman–Crippen MR) is 96.0 cm³/mol. The van der Waals surface area contributed by atoms with E-state index in [2.05, 4.69) is 53.4 Å². The fourth-order valence-electron chi connectivity index (χ4n) is 2.33. The Hall–Kier alpha value is -1.46. The van der Waals surface area contributed by atoms with Crippen molar-refractivity contribution in [1.29, 1.82) is 0 Å². The van der Waals surface area contributed by atoms with Gasteiger partial charge in [-0.1, -0.05) is 33.6 Å². The SMILES string of the molecule is CC.CC.CC#Cc1ccc(N2CCC(NC)CC2)cc1. The Morgan fingerprint density at radius 2 is 1.52 bits per heavy atom. The first-order valence-corrected chi connectivity index (χ1v) is 8.28. The standard InChI is InChI=1S/C15H20N2.2C2H6/c1-3-4-13-5-7-15(8-6-13)17-11-9-14(16-2)10-12-17;2*1-2/h5-8,14,16H,9-12H2,1-2H3;2*1-2H3. The molecule has 0 aromatic heterocycles. The largest absolute Gasteiger partial charge is 0.371 e. The van der Waals surface area contributed by atoms with Crippen LogP contribution < -0.4 is 10.2 Å². The van der Waals surface area contributed by atoms with Crippen LogP contribution in [0.5, 0.6) is 0 Å². The Bertz CT molecular complexity index is 403. The third-order valence-corrected chi connectivity index (χ3v) is 3.40. The Balaban J connectivity index is 0.000000921. The van der Waals surface area contributed by atoms with Crippen LogP contribution in [0, 0.1) is 11.8 Å². The van der Waals surface area contributed by atoms with Crippen molar-refractivity contribution in [2.24, 2.45) is 0 Å². The molecule has 2 rings (SSSR count). The van der Waals surface area contributed by atoms with E-state index in [0.29, 0.717) is 6.04 Å². The first-order chi connectivity index (χ1) is 10.3. The van der Waals surface area contributed by atoms with Gasteiger partial charge in [-0.25, -0.2) is 0 Å². The highest BCUT2D eigenvalue weighted by atomic mass is 15.1. The average Bonchev–Trinajstić information content (AvgIpc) is 2.60. The fraction of sp³-hybridized carbons (Fsp3) is 0.579. The van der Waals surface area contributed by atoms with Gasteiger partial charge in [0.05, 0.1) is 0 Å². The van der Waals surface area contributed by atoms with Gasteiger partial charge in [0, 0.05) is 30.4 Å². The Morgan fingerprint density at radius 1 is 1.00 bits per heavy atom. The molecular formula is C19H32N2. The highest BCUT2D eigenvalue weighted by molar-refractivity contribution is 5.50. The van der Waals surface area contributed by atoms with E-state index in [1.807, 2.05) is 34.6 Å². The van der Waals surface area contributed by atoms with Crippen LogP contribution >= 0.6 is 0 Å². The number of rotatable bonds is 2. The zero-order valence-electron chi connectivity index (χ0n) is 14.7. The molecule has 1 N–H and O–H groups in total. The molecule has 2 nitrogen and oxygen atoms in total. The lowest BCUT2D eigenvalue weighted by Crippen LogP contribution is -2.41. The number of nitrogens with zero attached hydrogens (tertiary/aromatic N) is 1. The molecule has 1 aliphatic rings. The zero-order chi connectivity index (χ0) is 16.1. The molecule has 0 radical (unpaired) electrons. The summed E-state index contributed by atoms with van der Waals surface area (Å²) in [5.41, 5.74) is 2.42. The van der Waals surface area contributed by atoms with Gasteiger partial charge in [-0.3, -0.25) is 0 Å². The lowest BCUT2D eigenvalue weighted by Gasteiger charge is -2.33. The fourth-order valence-corrected chi connectivity index (χ4v) is 2.33. The summed E-state index contributed by atoms with van der Waals surface area (Å²) in [4.78, 5) is 2.46. The Kier molecular flexibility index (Phi) is 11.4. The van der Waals surface area contributed by atoms with Gasteiger partial charge in [-0.05, 0) is 51.1 Å². The molecule has 0 unspecified atom stereocenters. The van der Waals surface area contributed by atoms with Crippen molar-refractivity contribution in [3.05, 3.63) is 29.8 Å². The molecule has 1 fully saturated rings. The number of piperidine rings is 1. The van der Waals surface area contributed by atoms with Gasteiger partial charge in [0.2, 0.25) is 0 Å². The van der Waals surface area contributed by atoms with Gasteiger partial charge in [0.1, 0.15) is 0 Å². The third kappa shape index (κ3) is 6.69. The van der Waals surface area contributed by atoms with Crippen LogP contribution in [0.2, 0.25) is 0 Å². The molecule has 0 amide bonds. The first-order valence-electron chi connectivity index (χ1n) is 8.28. The summed E-state index contributed by atoms with van der Waals surface area (Å²) in [6.07, 6.45) is 2.46. The van der Waals surface area contributed by atoms with Crippen molar-refractivity contribution < 1.29 is 0 Å². The van der Waals surface area contributed by atoms with Crippen LogP contribution in [0.15, 0.2) is 24.3 Å². The molecule has 2 heteroatoms. The van der Waals surface area contributed by atoms with Crippen molar-refractivity contribution in [3.8, 4) is 11.8 Å². The topological polar surface area (TPSA) is 15.3 Å². The average molecular weight is 288 g/mol. The van der Waals surface area contributed by atoms with E-state index in [9.17, 15) is 0 Å². The van der Waals surface area contributed by atoms with Crippen LogP contribution in [0.1, 0.15) is 53.0 Å². The number of hydrogen-bond acceptors (Lipinski definition) is 2. The zero-order valence-corrected chi connectivity index (χ0v) is 14.7. The Labute approximate surface area is 131 Å². The molecule has 0 aliphatic carbocycles. The monoisotopic (exact) mass is 288 g/mol. The molecule has 118 valence electrons. The van der Waals surface area contributed by atoms with Crippen LogP contribution in [-0.4, -0.2) is 26.2 Å². The number of anilines is 1. The van der Waals surface area contributed by atoms with E-state index in [-0.39, 0.29) is 0 Å². The Morgan fingerprint density at radius 3 is 1.95 bits per heavy atom. The van der Waals surface area contributed by atoms with Crippen molar-refractivity contribution in [2.75, 3.05) is 25.0 Å². The number of benzene rings is 1. The van der Waals surface area contributed by atoms with Gasteiger partial charge in [0.15, 0.2) is 0 Å². The van der Waals surface area contributed by atoms with E-state index in [0.717, 1.165) is 18.7 Å². The van der Waals surface area contributed by atoms with Crippen LogP contribution in [0.3, 0.4) is 0 Å². The maximum absolute atomic E-state index is 3.36. The van der Waals surface area contributed by atoms with Crippen molar-refractivity contribution in [2.45, 2.75) is 53.5 Å². The lowest BCUT2D eigenvalue weighted by atomic mass is 10.0. The minimum absolute atomic E-state index is 0.691. The van der Waals surface area contributed by atoms with Gasteiger partial charge in [0.25, 0.3) is 0 Å². The van der Waals surface area contributed by atoms with Crippen LogP contribution in [0.25, 0.3) is 0 Å². The lowest BCUT2D eigenvalue weighted by molar-refractivity contribution is 0.442. The molecule has 0 atom stereocenters. The molecule has 0 saturated carbocycles. The van der Waals surface area contributed by atoms with Crippen molar-refractivity contribution in [1.82, 2.24) is 5.32 Å². The van der Waals surface area contributed by atoms with E-state index >= 15 is 0 Å². The molecule has 1 aromatic carbocycles. The second-order valence-corrected chi connectivity index (χ2v) is 4.47. The second-order valence-electron chi connectivity index (χ2n) is 4.47. The highest BCUT2D eigenvalue weighted by Crippen LogP contribution is 2.20. The summed E-state index contributed by atoms with van der Waals surface area (Å²) < 4.78 is 0. The maximum Gasteiger partial charge on any atom is 0.0367 e. The van der Waals surface area contributed by atoms with E-state index < -0.39 is 0 Å². The molecule has 0 bridgehead atoms. The predicted octanol–water partition coefficient (Wildman–Crippen LogP) is 4.30. The highest BCUT2D eigenvalue weighted by Gasteiger charge is 2.17. The minimum atomic E-state index is 0.691. The summed E-state index contributed by atoms with van der Waals surface area (Å²) in [7, 11) is 2.05. The van der Waals surface area contributed by atoms with Crippen molar-refractivity contribution >= 4 is 5.69 Å². The number of hydrogen-bond donors (Lipinski definition) is 1. The van der Waals surface area contributed by atoms with Crippen molar-refractivity contribution in [3.63, 3.8) is 0 Å². The normalized spacial score (nSPS) is 13.9. The third-order valence-electron chi connectivity index (χ3n) is 3.40. The molecule has 1 aromatic rings. The molecular weight excluding hydrogens is 256 g/mol. The smallest absolute Gasteiger partial charge is 0.0367 e. The van der Waals surface area contributed by atoms with Crippen LogP contribution in [0.4, 0.5) is 5.69 Å². The van der Waals surface area contributed by atoms with Gasteiger partial charge in [-0.15, -0.1) is 5.92 Å². The summed E-state index contributed by atoms with van der Waals surface area (Å²) >= 11 is 0. The quantitative estimate of drug-likeness (QED) is 0.816. The summed E-state index contributed by atoms with van der Waals surface area (Å²) in [5.74, 6) is 6.00. The summed E-state index contributed by atoms with van der Waals surface area (Å²) in [6.45, 7) is 12.2. The van der Waals surface area contributed by atoms with Gasteiger partial charge >= 0.3 is 0 Å². The molecule has 0 spiro atoms. The summed E-state index contributed by atoms with van der Waals surface area (Å²) in [6, 6.07) is 9.27. The van der Waals surface area contributed by atoms with Gasteiger partial charge in [-0.2, -0.15) is 0 Å². The van der Waals surface area contributed by atoms with E-state index in [1.54, 1.807) is 0 Å². The number of nitrogens with one attached hydrogen (secondary N) is 1. The van der Waals surface area contributed by atoms with E-state index in [1.165, 1.54) is 18.5 Å². The molecule has 1 heterocycles. The van der Waals surface area contributed by atoms with Gasteiger partial charge < -0.3 is 10.2 Å². The van der Waals surface area contributed by atoms with E-state index in [4.69, 9.17) is 0 Å². The molecule has 21 heavy (non-hydrogen) atoms. The summed E-state index contributed by atoms with van der Waals surface area (Å²) in [5, 5.41) is 3.36. The molecule has 1 saturated heterocycles. The maximum atomic E-state index is 3.36. The second kappa shape index (κ2) is 12.3. The van der Waals surface area contributed by atoms with Crippen LogP contribution in [-0.2, 0) is 0 Å². The first kappa shape index (κ1) is 19.5. The minimum Gasteiger partial charge on any atom is -0.371 e. The molecule has 1 aliphatic heterocycles.